The fourth-order valence-corrected chi connectivity index (χ4v) is 3.84. The van der Waals surface area contributed by atoms with Crippen LogP contribution in [0.4, 0.5) is 0 Å². The standard InChI is InChI=1S/C18H15ClN2O3S/c1-11-6-5-9-14-16(11)21(10-15(22)24-2)18(25-14)20-17(23)12-7-3-4-8-13(12)19/h3-9H,10H2,1-2H3. The lowest BCUT2D eigenvalue weighted by molar-refractivity contribution is -0.141. The Labute approximate surface area is 153 Å². The summed E-state index contributed by atoms with van der Waals surface area (Å²) >= 11 is 7.42. The van der Waals surface area contributed by atoms with Crippen molar-refractivity contribution < 1.29 is 14.3 Å². The Morgan fingerprint density at radius 3 is 2.68 bits per heavy atom. The second kappa shape index (κ2) is 7.21. The first kappa shape index (κ1) is 17.4. The summed E-state index contributed by atoms with van der Waals surface area (Å²) in [6, 6.07) is 12.5. The smallest absolute Gasteiger partial charge is 0.325 e. The van der Waals surface area contributed by atoms with Gasteiger partial charge in [0.15, 0.2) is 4.80 Å². The highest BCUT2D eigenvalue weighted by Crippen LogP contribution is 2.21. The SMILES string of the molecule is COC(=O)Cn1c(=NC(=O)c2ccccc2Cl)sc2cccc(C)c21. The van der Waals surface area contributed by atoms with Crippen molar-refractivity contribution in [3.63, 3.8) is 0 Å². The number of para-hydroxylation sites is 1. The van der Waals surface area contributed by atoms with Gasteiger partial charge in [-0.3, -0.25) is 9.59 Å². The second-order valence-electron chi connectivity index (χ2n) is 5.37. The van der Waals surface area contributed by atoms with Crippen LogP contribution >= 0.6 is 22.9 Å². The minimum absolute atomic E-state index is 0.0179. The van der Waals surface area contributed by atoms with Crippen LogP contribution in [-0.2, 0) is 16.1 Å². The maximum Gasteiger partial charge on any atom is 0.325 e. The van der Waals surface area contributed by atoms with Gasteiger partial charge in [0.25, 0.3) is 5.91 Å². The normalized spacial score (nSPS) is 11.7. The Morgan fingerprint density at radius 1 is 1.20 bits per heavy atom. The fourth-order valence-electron chi connectivity index (χ4n) is 2.51. The van der Waals surface area contributed by atoms with Crippen molar-refractivity contribution in [1.29, 1.82) is 0 Å². The maximum absolute atomic E-state index is 12.5. The van der Waals surface area contributed by atoms with E-state index < -0.39 is 11.9 Å². The zero-order valence-electron chi connectivity index (χ0n) is 13.7. The van der Waals surface area contributed by atoms with E-state index in [1.165, 1.54) is 18.4 Å². The number of carbonyl (C=O) groups excluding carboxylic acids is 2. The fraction of sp³-hybridized carbons (Fsp3) is 0.167. The van der Waals surface area contributed by atoms with Crippen LogP contribution in [0.2, 0.25) is 5.02 Å². The summed E-state index contributed by atoms with van der Waals surface area (Å²) in [5.74, 6) is -0.858. The molecule has 0 fully saturated rings. The van der Waals surface area contributed by atoms with Crippen molar-refractivity contribution in [2.45, 2.75) is 13.5 Å². The number of halogens is 1. The average Bonchev–Trinajstić information content (AvgIpc) is 2.93. The van der Waals surface area contributed by atoms with Gasteiger partial charge in [-0.25, -0.2) is 0 Å². The maximum atomic E-state index is 12.5. The van der Waals surface area contributed by atoms with Crippen molar-refractivity contribution in [2.75, 3.05) is 7.11 Å². The van der Waals surface area contributed by atoms with Crippen molar-refractivity contribution in [2.24, 2.45) is 4.99 Å². The van der Waals surface area contributed by atoms with Crippen molar-refractivity contribution in [3.8, 4) is 0 Å². The largest absolute Gasteiger partial charge is 0.468 e. The average molecular weight is 375 g/mol. The summed E-state index contributed by atoms with van der Waals surface area (Å²) in [5, 5.41) is 0.341. The molecule has 25 heavy (non-hydrogen) atoms. The molecule has 128 valence electrons. The van der Waals surface area contributed by atoms with E-state index >= 15 is 0 Å². The highest BCUT2D eigenvalue weighted by Gasteiger charge is 2.14. The number of methoxy groups -OCH3 is 1. The molecular weight excluding hydrogens is 360 g/mol. The number of fused-ring (bicyclic) bond motifs is 1. The number of nitrogens with zero attached hydrogens (tertiary/aromatic N) is 2. The number of hydrogen-bond donors (Lipinski definition) is 0. The number of ether oxygens (including phenoxy) is 1. The molecule has 5 nitrogen and oxygen atoms in total. The lowest BCUT2D eigenvalue weighted by Gasteiger charge is -2.05. The third-order valence-corrected chi connectivity index (χ3v) is 5.09. The molecule has 0 aliphatic heterocycles. The predicted molar refractivity (Wildman–Crippen MR) is 97.9 cm³/mol. The summed E-state index contributed by atoms with van der Waals surface area (Å²) in [7, 11) is 1.33. The van der Waals surface area contributed by atoms with Crippen LogP contribution in [0.1, 0.15) is 15.9 Å². The molecule has 1 aromatic heterocycles. The number of hydrogen-bond acceptors (Lipinski definition) is 4. The van der Waals surface area contributed by atoms with Gasteiger partial charge < -0.3 is 9.30 Å². The van der Waals surface area contributed by atoms with Gasteiger partial charge in [-0.15, -0.1) is 0 Å². The van der Waals surface area contributed by atoms with E-state index in [-0.39, 0.29) is 6.54 Å². The molecule has 0 bridgehead atoms. The summed E-state index contributed by atoms with van der Waals surface area (Å²) in [5.41, 5.74) is 2.18. The number of rotatable bonds is 3. The van der Waals surface area contributed by atoms with E-state index in [4.69, 9.17) is 16.3 Å². The summed E-state index contributed by atoms with van der Waals surface area (Å²) in [6.07, 6.45) is 0. The topological polar surface area (TPSA) is 60.7 Å². The quantitative estimate of drug-likeness (QED) is 0.658. The summed E-state index contributed by atoms with van der Waals surface area (Å²) in [6.45, 7) is 1.93. The molecular formula is C18H15ClN2O3S. The Hall–Kier alpha value is -2.44. The van der Waals surface area contributed by atoms with Crippen molar-refractivity contribution >= 4 is 45.0 Å². The van der Waals surface area contributed by atoms with Crippen molar-refractivity contribution in [3.05, 3.63) is 63.4 Å². The number of thiazole rings is 1. The lowest BCUT2D eigenvalue weighted by Crippen LogP contribution is -2.22. The van der Waals surface area contributed by atoms with Crippen LogP contribution in [0.5, 0.6) is 0 Å². The number of aromatic nitrogens is 1. The Morgan fingerprint density at radius 2 is 1.96 bits per heavy atom. The van der Waals surface area contributed by atoms with E-state index in [0.29, 0.717) is 15.4 Å². The molecule has 0 saturated heterocycles. The van der Waals surface area contributed by atoms with Crippen LogP contribution in [0.25, 0.3) is 10.2 Å². The second-order valence-corrected chi connectivity index (χ2v) is 6.78. The number of aryl methyl sites for hydroxylation is 1. The molecule has 0 spiro atoms. The molecule has 7 heteroatoms. The number of amides is 1. The van der Waals surface area contributed by atoms with Crippen LogP contribution in [0, 0.1) is 6.92 Å². The highest BCUT2D eigenvalue weighted by molar-refractivity contribution is 7.16. The molecule has 0 atom stereocenters. The van der Waals surface area contributed by atoms with Crippen LogP contribution < -0.4 is 4.80 Å². The van der Waals surface area contributed by atoms with Gasteiger partial charge in [0, 0.05) is 0 Å². The molecule has 1 amide bonds. The van der Waals surface area contributed by atoms with Crippen LogP contribution in [0.3, 0.4) is 0 Å². The molecule has 0 radical (unpaired) electrons. The van der Waals surface area contributed by atoms with Crippen molar-refractivity contribution in [1.82, 2.24) is 4.57 Å². The van der Waals surface area contributed by atoms with Crippen LogP contribution in [0.15, 0.2) is 47.5 Å². The van der Waals surface area contributed by atoms with E-state index in [0.717, 1.165) is 15.8 Å². The Balaban J connectivity index is 2.19. The Bertz CT molecular complexity index is 1040. The number of esters is 1. The van der Waals surface area contributed by atoms with E-state index in [2.05, 4.69) is 4.99 Å². The molecule has 0 unspecified atom stereocenters. The van der Waals surface area contributed by atoms with Gasteiger partial charge in [-0.05, 0) is 30.7 Å². The summed E-state index contributed by atoms with van der Waals surface area (Å²) in [4.78, 5) is 29.0. The van der Waals surface area contributed by atoms with E-state index in [9.17, 15) is 9.59 Å². The van der Waals surface area contributed by atoms with Gasteiger partial charge in [-0.2, -0.15) is 4.99 Å². The van der Waals surface area contributed by atoms with Crippen LogP contribution in [-0.4, -0.2) is 23.6 Å². The molecule has 1 heterocycles. The molecule has 3 aromatic rings. The van der Waals surface area contributed by atoms with E-state index in [1.807, 2.05) is 25.1 Å². The minimum Gasteiger partial charge on any atom is -0.468 e. The number of benzene rings is 2. The van der Waals surface area contributed by atoms with Gasteiger partial charge in [0.05, 0.1) is 27.9 Å². The first-order valence-electron chi connectivity index (χ1n) is 7.50. The van der Waals surface area contributed by atoms with E-state index in [1.54, 1.807) is 28.8 Å². The molecule has 2 aromatic carbocycles. The first-order valence-corrected chi connectivity index (χ1v) is 8.70. The zero-order valence-corrected chi connectivity index (χ0v) is 15.2. The third kappa shape index (κ3) is 3.50. The minimum atomic E-state index is -0.451. The van der Waals surface area contributed by atoms with Gasteiger partial charge in [-0.1, -0.05) is 47.2 Å². The lowest BCUT2D eigenvalue weighted by atomic mass is 10.2. The summed E-state index contributed by atoms with van der Waals surface area (Å²) < 4.78 is 7.42. The Kier molecular flexibility index (Phi) is 5.01. The predicted octanol–water partition coefficient (Wildman–Crippen LogP) is 3.58. The van der Waals surface area contributed by atoms with Gasteiger partial charge >= 0.3 is 5.97 Å². The number of carbonyl (C=O) groups is 2. The molecule has 0 aliphatic carbocycles. The van der Waals surface area contributed by atoms with Gasteiger partial charge in [0.2, 0.25) is 0 Å². The van der Waals surface area contributed by atoms with Gasteiger partial charge in [0.1, 0.15) is 6.54 Å². The third-order valence-electron chi connectivity index (χ3n) is 3.72. The molecule has 3 rings (SSSR count). The molecule has 0 aliphatic rings. The molecule has 0 saturated carbocycles. The highest BCUT2D eigenvalue weighted by atomic mass is 35.5. The monoisotopic (exact) mass is 374 g/mol. The first-order chi connectivity index (χ1) is 12.0. The molecule has 0 N–H and O–H groups in total. The zero-order chi connectivity index (χ0) is 18.0.